The molecule has 0 atom stereocenters. The molecule has 5 heteroatoms. The van der Waals surface area contributed by atoms with Crippen molar-refractivity contribution < 1.29 is 9.59 Å². The van der Waals surface area contributed by atoms with Crippen molar-refractivity contribution in [3.63, 3.8) is 0 Å². The second kappa shape index (κ2) is 7.87. The van der Waals surface area contributed by atoms with Crippen LogP contribution < -0.4 is 10.6 Å². The number of hydrogen-bond acceptors (Lipinski definition) is 3. The van der Waals surface area contributed by atoms with Gasteiger partial charge in [0, 0.05) is 19.0 Å². The molecule has 4 nitrogen and oxygen atoms in total. The second-order valence-electron chi connectivity index (χ2n) is 4.04. The highest BCUT2D eigenvalue weighted by Gasteiger charge is 2.13. The first kappa shape index (κ1) is 14.7. The molecule has 0 aliphatic heterocycles. The van der Waals surface area contributed by atoms with Gasteiger partial charge in [-0.25, -0.2) is 0 Å². The molecule has 100 valence electrons. The van der Waals surface area contributed by atoms with E-state index < -0.39 is 0 Å². The quantitative estimate of drug-likeness (QED) is 0.743. The molecule has 18 heavy (non-hydrogen) atoms. The van der Waals surface area contributed by atoms with Gasteiger partial charge in [0.25, 0.3) is 5.91 Å². The molecule has 2 N–H and O–H groups in total. The Balaban J connectivity index is 2.19. The summed E-state index contributed by atoms with van der Waals surface area (Å²) in [6.07, 6.45) is 1.70. The molecule has 0 bridgehead atoms. The summed E-state index contributed by atoms with van der Waals surface area (Å²) in [5.74, 6) is 0.0742. The van der Waals surface area contributed by atoms with Crippen LogP contribution >= 0.6 is 11.3 Å². The zero-order valence-corrected chi connectivity index (χ0v) is 11.7. The minimum Gasteiger partial charge on any atom is -0.354 e. The van der Waals surface area contributed by atoms with Crippen molar-refractivity contribution in [2.24, 2.45) is 5.92 Å². The topological polar surface area (TPSA) is 58.2 Å². The Morgan fingerprint density at radius 1 is 1.22 bits per heavy atom. The second-order valence-corrected chi connectivity index (χ2v) is 4.99. The van der Waals surface area contributed by atoms with Crippen LogP contribution in [0.5, 0.6) is 0 Å². The van der Waals surface area contributed by atoms with E-state index in [1.54, 1.807) is 6.07 Å². The van der Waals surface area contributed by atoms with E-state index >= 15 is 0 Å². The first-order chi connectivity index (χ1) is 8.69. The molecule has 0 aliphatic carbocycles. The van der Waals surface area contributed by atoms with Gasteiger partial charge in [-0.2, -0.15) is 0 Å². The summed E-state index contributed by atoms with van der Waals surface area (Å²) < 4.78 is 0. The summed E-state index contributed by atoms with van der Waals surface area (Å²) in [5, 5.41) is 7.47. The molecule has 1 heterocycles. The average molecular weight is 268 g/mol. The van der Waals surface area contributed by atoms with Crippen LogP contribution in [0.4, 0.5) is 0 Å². The Hall–Kier alpha value is -1.36. The molecule has 0 aromatic carbocycles. The van der Waals surface area contributed by atoms with Crippen LogP contribution in [0.1, 0.15) is 36.4 Å². The maximum atomic E-state index is 11.7. The molecule has 0 aliphatic rings. The fourth-order valence-corrected chi connectivity index (χ4v) is 2.30. The normalized spacial score (nSPS) is 10.4. The van der Waals surface area contributed by atoms with Gasteiger partial charge < -0.3 is 10.6 Å². The molecule has 0 unspecified atom stereocenters. The first-order valence-corrected chi connectivity index (χ1v) is 7.16. The van der Waals surface area contributed by atoms with Crippen LogP contribution in [-0.4, -0.2) is 24.9 Å². The summed E-state index contributed by atoms with van der Waals surface area (Å²) >= 11 is 1.41. The Labute approximate surface area is 112 Å². The number of carbonyl (C=O) groups excluding carboxylic acids is 2. The van der Waals surface area contributed by atoms with Crippen molar-refractivity contribution in [1.82, 2.24) is 10.6 Å². The van der Waals surface area contributed by atoms with Gasteiger partial charge in [-0.15, -0.1) is 11.3 Å². The zero-order valence-electron chi connectivity index (χ0n) is 10.9. The Kier molecular flexibility index (Phi) is 6.43. The van der Waals surface area contributed by atoms with E-state index in [0.717, 1.165) is 12.8 Å². The standard InChI is InChI=1S/C13H20N2O2S/c1-3-10(4-2)12(16)14-7-8-15-13(17)11-6-5-9-18-11/h5-6,9-10H,3-4,7-8H2,1-2H3,(H,14,16)(H,15,17). The summed E-state index contributed by atoms with van der Waals surface area (Å²) in [4.78, 5) is 23.9. The van der Waals surface area contributed by atoms with Gasteiger partial charge in [0.2, 0.25) is 5.91 Å². The largest absolute Gasteiger partial charge is 0.354 e. The predicted molar refractivity (Wildman–Crippen MR) is 73.7 cm³/mol. The predicted octanol–water partition coefficient (Wildman–Crippen LogP) is 2.03. The third kappa shape index (κ3) is 4.49. The van der Waals surface area contributed by atoms with Crippen molar-refractivity contribution in [1.29, 1.82) is 0 Å². The van der Waals surface area contributed by atoms with Crippen LogP contribution in [0, 0.1) is 5.92 Å². The monoisotopic (exact) mass is 268 g/mol. The van der Waals surface area contributed by atoms with E-state index in [-0.39, 0.29) is 17.7 Å². The number of thiophene rings is 1. The van der Waals surface area contributed by atoms with Gasteiger partial charge in [-0.05, 0) is 24.3 Å². The number of hydrogen-bond donors (Lipinski definition) is 2. The molecule has 1 rings (SSSR count). The fourth-order valence-electron chi connectivity index (χ4n) is 1.66. The van der Waals surface area contributed by atoms with Gasteiger partial charge >= 0.3 is 0 Å². The fraction of sp³-hybridized carbons (Fsp3) is 0.538. The van der Waals surface area contributed by atoms with E-state index in [0.29, 0.717) is 18.0 Å². The van der Waals surface area contributed by atoms with Crippen LogP contribution in [0.25, 0.3) is 0 Å². The zero-order chi connectivity index (χ0) is 13.4. The lowest BCUT2D eigenvalue weighted by Gasteiger charge is -2.12. The summed E-state index contributed by atoms with van der Waals surface area (Å²) in [5.41, 5.74) is 0. The third-order valence-corrected chi connectivity index (χ3v) is 3.68. The lowest BCUT2D eigenvalue weighted by atomic mass is 10.0. The third-order valence-electron chi connectivity index (χ3n) is 2.81. The SMILES string of the molecule is CCC(CC)C(=O)NCCNC(=O)c1cccs1. The number of rotatable bonds is 7. The lowest BCUT2D eigenvalue weighted by molar-refractivity contribution is -0.125. The highest BCUT2D eigenvalue weighted by atomic mass is 32.1. The van der Waals surface area contributed by atoms with Crippen molar-refractivity contribution >= 4 is 23.2 Å². The molecule has 0 radical (unpaired) electrons. The number of carbonyl (C=O) groups is 2. The van der Waals surface area contributed by atoms with Gasteiger partial charge in [-0.1, -0.05) is 19.9 Å². The van der Waals surface area contributed by atoms with Crippen molar-refractivity contribution in [2.45, 2.75) is 26.7 Å². The Morgan fingerprint density at radius 2 is 1.89 bits per heavy atom. The molecular weight excluding hydrogens is 248 g/mol. The van der Waals surface area contributed by atoms with Crippen LogP contribution in [0.2, 0.25) is 0 Å². The minimum absolute atomic E-state index is 0.0744. The maximum absolute atomic E-state index is 11.7. The summed E-state index contributed by atoms with van der Waals surface area (Å²) in [7, 11) is 0. The molecule has 2 amide bonds. The highest BCUT2D eigenvalue weighted by Crippen LogP contribution is 2.07. The summed E-state index contributed by atoms with van der Waals surface area (Å²) in [6.45, 7) is 4.95. The van der Waals surface area contributed by atoms with Crippen molar-refractivity contribution in [3.05, 3.63) is 22.4 Å². The van der Waals surface area contributed by atoms with Gasteiger partial charge in [0.1, 0.15) is 0 Å². The molecule has 1 aromatic heterocycles. The maximum Gasteiger partial charge on any atom is 0.261 e. The van der Waals surface area contributed by atoms with Crippen LogP contribution in [0.15, 0.2) is 17.5 Å². The first-order valence-electron chi connectivity index (χ1n) is 6.28. The van der Waals surface area contributed by atoms with E-state index in [4.69, 9.17) is 0 Å². The Bertz CT molecular complexity index is 372. The minimum atomic E-state index is -0.0817. The van der Waals surface area contributed by atoms with Gasteiger partial charge in [-0.3, -0.25) is 9.59 Å². The van der Waals surface area contributed by atoms with E-state index in [1.807, 2.05) is 25.3 Å². The lowest BCUT2D eigenvalue weighted by Crippen LogP contribution is -2.37. The molecule has 0 spiro atoms. The highest BCUT2D eigenvalue weighted by molar-refractivity contribution is 7.12. The molecular formula is C13H20N2O2S. The van der Waals surface area contributed by atoms with E-state index in [1.165, 1.54) is 11.3 Å². The van der Waals surface area contributed by atoms with Crippen LogP contribution in [-0.2, 0) is 4.79 Å². The molecule has 0 saturated heterocycles. The van der Waals surface area contributed by atoms with Gasteiger partial charge in [0.15, 0.2) is 0 Å². The summed E-state index contributed by atoms with van der Waals surface area (Å²) in [6, 6.07) is 3.62. The van der Waals surface area contributed by atoms with Crippen molar-refractivity contribution in [2.75, 3.05) is 13.1 Å². The van der Waals surface area contributed by atoms with Gasteiger partial charge in [0.05, 0.1) is 4.88 Å². The van der Waals surface area contributed by atoms with Crippen molar-refractivity contribution in [3.8, 4) is 0 Å². The average Bonchev–Trinajstić information content (AvgIpc) is 2.89. The number of nitrogens with one attached hydrogen (secondary N) is 2. The van der Waals surface area contributed by atoms with E-state index in [2.05, 4.69) is 10.6 Å². The molecule has 0 fully saturated rings. The Morgan fingerprint density at radius 3 is 2.44 bits per heavy atom. The van der Waals surface area contributed by atoms with E-state index in [9.17, 15) is 9.59 Å². The molecule has 0 saturated carbocycles. The smallest absolute Gasteiger partial charge is 0.261 e. The molecule has 1 aromatic rings. The number of amides is 2. The van der Waals surface area contributed by atoms with Crippen LogP contribution in [0.3, 0.4) is 0 Å².